The number of nitrogens with two attached hydrogens (primary N) is 1. The Labute approximate surface area is 156 Å². The van der Waals surface area contributed by atoms with Gasteiger partial charge in [-0.2, -0.15) is 0 Å². The zero-order valence-corrected chi connectivity index (χ0v) is 15.4. The van der Waals surface area contributed by atoms with Gasteiger partial charge < -0.3 is 20.1 Å². The fourth-order valence-electron chi connectivity index (χ4n) is 4.01. The first-order chi connectivity index (χ1) is 12.9. The monoisotopic (exact) mass is 377 g/mol. The molecule has 0 aliphatic carbocycles. The number of aromatic nitrogens is 2. The summed E-state index contributed by atoms with van der Waals surface area (Å²) in [6.45, 7) is 4.50. The highest BCUT2D eigenvalue weighted by Gasteiger charge is 2.30. The van der Waals surface area contributed by atoms with Crippen LogP contribution < -0.4 is 10.6 Å². The number of halogens is 2. The maximum Gasteiger partial charge on any atom is 0.242 e. The predicted octanol–water partition coefficient (Wildman–Crippen LogP) is 1.92. The van der Waals surface area contributed by atoms with Gasteiger partial charge in [0.25, 0.3) is 0 Å². The number of hydrogen-bond acceptors (Lipinski definition) is 4. The van der Waals surface area contributed by atoms with Crippen molar-refractivity contribution in [1.29, 1.82) is 0 Å². The van der Waals surface area contributed by atoms with Crippen molar-refractivity contribution < 1.29 is 13.6 Å². The molecule has 0 bridgehead atoms. The van der Waals surface area contributed by atoms with Crippen molar-refractivity contribution in [3.05, 3.63) is 24.0 Å². The van der Waals surface area contributed by atoms with Crippen LogP contribution in [0.1, 0.15) is 19.8 Å². The summed E-state index contributed by atoms with van der Waals surface area (Å²) < 4.78 is 29.4. The molecule has 3 atom stereocenters. The lowest BCUT2D eigenvalue weighted by Gasteiger charge is -2.34. The molecule has 2 aliphatic rings. The van der Waals surface area contributed by atoms with E-state index in [2.05, 4.69) is 11.9 Å². The minimum Gasteiger partial charge on any atom is -0.341 e. The summed E-state index contributed by atoms with van der Waals surface area (Å²) in [6, 6.07) is 3.76. The zero-order valence-electron chi connectivity index (χ0n) is 15.4. The van der Waals surface area contributed by atoms with Gasteiger partial charge in [-0.05, 0) is 37.0 Å². The van der Waals surface area contributed by atoms with Gasteiger partial charge in [0, 0.05) is 26.2 Å². The van der Waals surface area contributed by atoms with Crippen LogP contribution in [0.25, 0.3) is 11.0 Å². The van der Waals surface area contributed by atoms with Crippen molar-refractivity contribution in [2.45, 2.75) is 38.5 Å². The molecule has 8 heteroatoms. The Hall–Kier alpha value is -2.22. The van der Waals surface area contributed by atoms with E-state index in [9.17, 15) is 13.6 Å². The number of anilines is 1. The molecule has 2 fully saturated rings. The number of carbonyl (C=O) groups excluding carboxylic acids is 1. The number of nitrogens with zero attached hydrogens (tertiary/aromatic N) is 4. The van der Waals surface area contributed by atoms with Gasteiger partial charge in [0.15, 0.2) is 0 Å². The van der Waals surface area contributed by atoms with Crippen LogP contribution in [0.2, 0.25) is 0 Å². The lowest BCUT2D eigenvalue weighted by Crippen LogP contribution is -2.50. The number of rotatable bonds is 3. The molecule has 1 aromatic heterocycles. The summed E-state index contributed by atoms with van der Waals surface area (Å²) in [5.41, 5.74) is 7.09. The Kier molecular flexibility index (Phi) is 4.75. The van der Waals surface area contributed by atoms with E-state index in [1.165, 1.54) is 12.1 Å². The third kappa shape index (κ3) is 3.50. The summed E-state index contributed by atoms with van der Waals surface area (Å²) in [5.74, 6) is 0.663. The van der Waals surface area contributed by atoms with Crippen molar-refractivity contribution >= 4 is 22.9 Å². The van der Waals surface area contributed by atoms with E-state index in [1.54, 1.807) is 10.6 Å². The third-order valence-corrected chi connectivity index (χ3v) is 5.61. The lowest BCUT2D eigenvalue weighted by atomic mass is 10.1. The number of alkyl halides is 1. The minimum atomic E-state index is -1.04. The Balaban J connectivity index is 1.68. The van der Waals surface area contributed by atoms with E-state index >= 15 is 0 Å². The van der Waals surface area contributed by atoms with Gasteiger partial charge in [0.2, 0.25) is 11.9 Å². The van der Waals surface area contributed by atoms with Crippen molar-refractivity contribution in [2.24, 2.45) is 11.7 Å². The summed E-state index contributed by atoms with van der Waals surface area (Å²) in [5, 5.41) is 0. The van der Waals surface area contributed by atoms with Crippen LogP contribution in [0.4, 0.5) is 14.7 Å². The predicted molar refractivity (Wildman–Crippen MR) is 99.8 cm³/mol. The number of fused-ring (bicyclic) bond motifs is 1. The van der Waals surface area contributed by atoms with E-state index < -0.39 is 12.2 Å². The van der Waals surface area contributed by atoms with Crippen LogP contribution in [0.5, 0.6) is 0 Å². The quantitative estimate of drug-likeness (QED) is 0.888. The minimum absolute atomic E-state index is 0.00571. The van der Waals surface area contributed by atoms with Gasteiger partial charge >= 0.3 is 0 Å². The maximum absolute atomic E-state index is 13.9. The van der Waals surface area contributed by atoms with Crippen molar-refractivity contribution in [3.8, 4) is 0 Å². The van der Waals surface area contributed by atoms with E-state index in [1.807, 2.05) is 9.80 Å². The Morgan fingerprint density at radius 3 is 2.81 bits per heavy atom. The fourth-order valence-corrected chi connectivity index (χ4v) is 4.01. The number of amides is 1. The van der Waals surface area contributed by atoms with E-state index in [0.29, 0.717) is 42.4 Å². The van der Waals surface area contributed by atoms with Gasteiger partial charge in [0.05, 0.1) is 17.1 Å². The van der Waals surface area contributed by atoms with Gasteiger partial charge in [-0.15, -0.1) is 0 Å². The fraction of sp³-hybridized carbons (Fsp3) is 0.579. The molecule has 0 saturated carbocycles. The van der Waals surface area contributed by atoms with Gasteiger partial charge in [-0.1, -0.05) is 6.92 Å². The lowest BCUT2D eigenvalue weighted by molar-refractivity contribution is -0.130. The van der Waals surface area contributed by atoms with Crippen LogP contribution in [0.15, 0.2) is 18.2 Å². The molecule has 4 rings (SSSR count). The molecule has 1 aromatic carbocycles. The first kappa shape index (κ1) is 18.2. The normalized spacial score (nSPS) is 26.1. The molecule has 3 heterocycles. The first-order valence-corrected chi connectivity index (χ1v) is 9.50. The number of likely N-dealkylation sites (tertiary alicyclic amines) is 1. The smallest absolute Gasteiger partial charge is 0.242 e. The van der Waals surface area contributed by atoms with Crippen LogP contribution >= 0.6 is 0 Å². The highest BCUT2D eigenvalue weighted by Crippen LogP contribution is 2.27. The second-order valence-corrected chi connectivity index (χ2v) is 7.78. The average Bonchev–Trinajstić information content (AvgIpc) is 3.22. The topological polar surface area (TPSA) is 67.4 Å². The first-order valence-electron chi connectivity index (χ1n) is 9.50. The molecule has 2 aliphatic heterocycles. The van der Waals surface area contributed by atoms with Crippen LogP contribution in [0, 0.1) is 11.7 Å². The highest BCUT2D eigenvalue weighted by atomic mass is 19.1. The molecule has 2 N–H and O–H groups in total. The van der Waals surface area contributed by atoms with E-state index in [0.717, 1.165) is 19.5 Å². The van der Waals surface area contributed by atoms with Crippen LogP contribution in [-0.2, 0) is 11.3 Å². The van der Waals surface area contributed by atoms with Gasteiger partial charge in [-0.25, -0.2) is 13.8 Å². The molecular weight excluding hydrogens is 352 g/mol. The largest absolute Gasteiger partial charge is 0.341 e. The van der Waals surface area contributed by atoms with Crippen molar-refractivity contribution in [1.82, 2.24) is 14.5 Å². The van der Waals surface area contributed by atoms with Gasteiger partial charge in [-0.3, -0.25) is 4.79 Å². The number of hydrogen-bond donors (Lipinski definition) is 1. The molecule has 2 aromatic rings. The molecular formula is C19H25F2N5O. The standard InChI is InChI=1S/C19H25F2N5O/c1-12-4-6-24(9-12)18(27)11-26-17-8-13(20)2-3-16(17)23-19(26)25-7-5-14(21)15(22)10-25/h2-3,8,12,14-15H,4-7,9-11,22H2,1H3/t12?,14-,15-/m1/s1. The second kappa shape index (κ2) is 7.07. The molecule has 0 spiro atoms. The average molecular weight is 377 g/mol. The maximum atomic E-state index is 13.9. The van der Waals surface area contributed by atoms with Crippen molar-refractivity contribution in [3.63, 3.8) is 0 Å². The van der Waals surface area contributed by atoms with E-state index in [4.69, 9.17) is 5.73 Å². The summed E-state index contributed by atoms with van der Waals surface area (Å²) in [4.78, 5) is 21.2. The Morgan fingerprint density at radius 2 is 2.11 bits per heavy atom. The molecule has 6 nitrogen and oxygen atoms in total. The summed E-state index contributed by atoms with van der Waals surface area (Å²) in [7, 11) is 0. The van der Waals surface area contributed by atoms with Crippen LogP contribution in [-0.4, -0.2) is 58.8 Å². The summed E-state index contributed by atoms with van der Waals surface area (Å²) >= 11 is 0. The number of carbonyl (C=O) groups is 1. The molecule has 2 saturated heterocycles. The molecule has 1 amide bonds. The molecule has 146 valence electrons. The number of piperidine rings is 1. The number of benzene rings is 1. The number of imidazole rings is 1. The molecule has 27 heavy (non-hydrogen) atoms. The van der Waals surface area contributed by atoms with Crippen molar-refractivity contribution in [2.75, 3.05) is 31.1 Å². The van der Waals surface area contributed by atoms with Gasteiger partial charge in [0.1, 0.15) is 18.5 Å². The summed E-state index contributed by atoms with van der Waals surface area (Å²) in [6.07, 6.45) is 0.275. The van der Waals surface area contributed by atoms with E-state index in [-0.39, 0.29) is 18.3 Å². The Bertz CT molecular complexity index is 854. The Morgan fingerprint density at radius 1 is 1.30 bits per heavy atom. The molecule has 1 unspecified atom stereocenters. The highest BCUT2D eigenvalue weighted by molar-refractivity contribution is 5.83. The second-order valence-electron chi connectivity index (χ2n) is 7.78. The third-order valence-electron chi connectivity index (χ3n) is 5.61. The zero-order chi connectivity index (χ0) is 19.1. The van der Waals surface area contributed by atoms with Crippen LogP contribution in [0.3, 0.4) is 0 Å². The SMILES string of the molecule is CC1CCN(C(=O)Cn2c(N3CC[C@@H](F)[C@H](N)C3)nc3ccc(F)cc32)C1. The molecule has 0 radical (unpaired) electrons.